The van der Waals surface area contributed by atoms with Crippen LogP contribution >= 0.6 is 0 Å². The van der Waals surface area contributed by atoms with Crippen molar-refractivity contribution in [3.63, 3.8) is 0 Å². The summed E-state index contributed by atoms with van der Waals surface area (Å²) in [5, 5.41) is 3.39. The molecule has 4 heteroatoms. The molecule has 17 heavy (non-hydrogen) atoms. The van der Waals surface area contributed by atoms with Gasteiger partial charge in [-0.05, 0) is 25.1 Å². The zero-order chi connectivity index (χ0) is 12.1. The summed E-state index contributed by atoms with van der Waals surface area (Å²) >= 11 is 0. The van der Waals surface area contributed by atoms with Gasteiger partial charge in [0.05, 0.1) is 13.2 Å². The van der Waals surface area contributed by atoms with Crippen molar-refractivity contribution in [1.82, 2.24) is 10.3 Å². The lowest BCUT2D eigenvalue weighted by molar-refractivity contribution is 0.122. The smallest absolute Gasteiger partial charge is 0.128 e. The predicted molar refractivity (Wildman–Crippen MR) is 69.4 cm³/mol. The monoisotopic (exact) mass is 235 g/mol. The van der Waals surface area contributed by atoms with Gasteiger partial charge < -0.3 is 15.0 Å². The fourth-order valence-electron chi connectivity index (χ4n) is 2.06. The number of hydrogen-bond acceptors (Lipinski definition) is 4. The summed E-state index contributed by atoms with van der Waals surface area (Å²) in [5.41, 5.74) is 1.24. The molecule has 1 fully saturated rings. The zero-order valence-electron chi connectivity index (χ0n) is 10.6. The van der Waals surface area contributed by atoms with E-state index in [4.69, 9.17) is 4.74 Å². The average Bonchev–Trinajstić information content (AvgIpc) is 2.40. The molecule has 0 radical (unpaired) electrons. The maximum atomic E-state index is 5.34. The molecule has 0 amide bonds. The molecule has 1 aliphatic rings. The first-order valence-electron chi connectivity index (χ1n) is 6.33. The summed E-state index contributed by atoms with van der Waals surface area (Å²) in [6.45, 7) is 8.74. The molecule has 1 saturated heterocycles. The number of morpholine rings is 1. The van der Waals surface area contributed by atoms with Crippen molar-refractivity contribution in [2.24, 2.45) is 0 Å². The van der Waals surface area contributed by atoms with Gasteiger partial charge in [0.25, 0.3) is 0 Å². The molecule has 0 aromatic carbocycles. The van der Waals surface area contributed by atoms with Gasteiger partial charge in [-0.15, -0.1) is 0 Å². The molecule has 1 atom stereocenters. The highest BCUT2D eigenvalue weighted by molar-refractivity contribution is 5.40. The van der Waals surface area contributed by atoms with Crippen molar-refractivity contribution in [3.05, 3.63) is 23.9 Å². The molecular weight excluding hydrogens is 214 g/mol. The Hall–Kier alpha value is -1.13. The van der Waals surface area contributed by atoms with E-state index in [2.05, 4.69) is 41.2 Å². The highest BCUT2D eigenvalue weighted by Crippen LogP contribution is 2.16. The van der Waals surface area contributed by atoms with Gasteiger partial charge in [0.15, 0.2) is 0 Å². The Labute approximate surface area is 103 Å². The van der Waals surface area contributed by atoms with Crippen molar-refractivity contribution in [3.8, 4) is 0 Å². The average molecular weight is 235 g/mol. The van der Waals surface area contributed by atoms with Crippen LogP contribution in [0, 0.1) is 0 Å². The van der Waals surface area contributed by atoms with Crippen LogP contribution in [0.4, 0.5) is 5.82 Å². The Morgan fingerprint density at radius 3 is 2.76 bits per heavy atom. The standard InChI is InChI=1S/C13H21N3O/c1-3-14-11(2)12-4-5-13(15-10-12)16-6-8-17-9-7-16/h4-5,10-11,14H,3,6-9H2,1-2H3. The van der Waals surface area contributed by atoms with Crippen LogP contribution in [0.1, 0.15) is 25.5 Å². The molecular formula is C13H21N3O. The molecule has 0 bridgehead atoms. The number of pyridine rings is 1. The first-order valence-corrected chi connectivity index (χ1v) is 6.33. The fraction of sp³-hybridized carbons (Fsp3) is 0.615. The van der Waals surface area contributed by atoms with Crippen LogP contribution in [0.5, 0.6) is 0 Å². The number of anilines is 1. The van der Waals surface area contributed by atoms with E-state index < -0.39 is 0 Å². The Morgan fingerprint density at radius 2 is 2.18 bits per heavy atom. The Morgan fingerprint density at radius 1 is 1.41 bits per heavy atom. The van der Waals surface area contributed by atoms with Gasteiger partial charge in [0.2, 0.25) is 0 Å². The van der Waals surface area contributed by atoms with E-state index in [0.29, 0.717) is 6.04 Å². The van der Waals surface area contributed by atoms with Crippen LogP contribution in [-0.4, -0.2) is 37.8 Å². The third-order valence-corrected chi connectivity index (χ3v) is 3.12. The lowest BCUT2D eigenvalue weighted by Gasteiger charge is -2.28. The molecule has 0 saturated carbocycles. The number of hydrogen-bond donors (Lipinski definition) is 1. The van der Waals surface area contributed by atoms with Crippen molar-refractivity contribution in [2.45, 2.75) is 19.9 Å². The molecule has 94 valence electrons. The topological polar surface area (TPSA) is 37.4 Å². The quantitative estimate of drug-likeness (QED) is 0.860. The van der Waals surface area contributed by atoms with E-state index >= 15 is 0 Å². The minimum atomic E-state index is 0.367. The number of nitrogens with one attached hydrogen (secondary N) is 1. The summed E-state index contributed by atoms with van der Waals surface area (Å²) in [6, 6.07) is 4.63. The number of rotatable bonds is 4. The third-order valence-electron chi connectivity index (χ3n) is 3.12. The minimum absolute atomic E-state index is 0.367. The first-order chi connectivity index (χ1) is 8.31. The highest BCUT2D eigenvalue weighted by atomic mass is 16.5. The second-order valence-electron chi connectivity index (χ2n) is 4.33. The molecule has 2 rings (SSSR count). The minimum Gasteiger partial charge on any atom is -0.378 e. The summed E-state index contributed by atoms with van der Waals surface area (Å²) < 4.78 is 5.34. The van der Waals surface area contributed by atoms with E-state index in [1.807, 2.05) is 6.20 Å². The van der Waals surface area contributed by atoms with Gasteiger partial charge in [0.1, 0.15) is 5.82 Å². The van der Waals surface area contributed by atoms with Crippen molar-refractivity contribution in [1.29, 1.82) is 0 Å². The van der Waals surface area contributed by atoms with Crippen molar-refractivity contribution in [2.75, 3.05) is 37.7 Å². The van der Waals surface area contributed by atoms with Gasteiger partial charge in [-0.25, -0.2) is 4.98 Å². The maximum Gasteiger partial charge on any atom is 0.128 e. The Bertz CT molecular complexity index is 333. The summed E-state index contributed by atoms with van der Waals surface area (Å²) in [7, 11) is 0. The summed E-state index contributed by atoms with van der Waals surface area (Å²) in [4.78, 5) is 6.81. The van der Waals surface area contributed by atoms with Crippen LogP contribution in [0.3, 0.4) is 0 Å². The molecule has 0 aliphatic carbocycles. The van der Waals surface area contributed by atoms with Crippen LogP contribution in [0.15, 0.2) is 18.3 Å². The molecule has 2 heterocycles. The van der Waals surface area contributed by atoms with Gasteiger partial charge in [-0.2, -0.15) is 0 Å². The van der Waals surface area contributed by atoms with Gasteiger partial charge >= 0.3 is 0 Å². The predicted octanol–water partition coefficient (Wildman–Crippen LogP) is 1.59. The van der Waals surface area contributed by atoms with E-state index in [-0.39, 0.29) is 0 Å². The highest BCUT2D eigenvalue weighted by Gasteiger charge is 2.12. The van der Waals surface area contributed by atoms with Crippen LogP contribution in [0.25, 0.3) is 0 Å². The lowest BCUT2D eigenvalue weighted by Crippen LogP contribution is -2.36. The molecule has 0 spiro atoms. The molecule has 1 aromatic rings. The number of aromatic nitrogens is 1. The molecule has 1 unspecified atom stereocenters. The van der Waals surface area contributed by atoms with Gasteiger partial charge in [-0.3, -0.25) is 0 Å². The summed E-state index contributed by atoms with van der Waals surface area (Å²) in [5.74, 6) is 1.06. The van der Waals surface area contributed by atoms with Crippen LogP contribution in [-0.2, 0) is 4.74 Å². The summed E-state index contributed by atoms with van der Waals surface area (Å²) in [6.07, 6.45) is 1.97. The second kappa shape index (κ2) is 5.98. The van der Waals surface area contributed by atoms with Crippen LogP contribution in [0.2, 0.25) is 0 Å². The van der Waals surface area contributed by atoms with E-state index in [1.165, 1.54) is 5.56 Å². The Kier molecular flexibility index (Phi) is 4.34. The van der Waals surface area contributed by atoms with Crippen molar-refractivity contribution < 1.29 is 4.74 Å². The van der Waals surface area contributed by atoms with Crippen molar-refractivity contribution >= 4 is 5.82 Å². The third kappa shape index (κ3) is 3.17. The normalized spacial score (nSPS) is 18.1. The first kappa shape index (κ1) is 12.3. The SMILES string of the molecule is CCNC(C)c1ccc(N2CCOCC2)nc1. The van der Waals surface area contributed by atoms with Gasteiger partial charge in [-0.1, -0.05) is 13.0 Å². The molecule has 4 nitrogen and oxygen atoms in total. The second-order valence-corrected chi connectivity index (χ2v) is 4.33. The van der Waals surface area contributed by atoms with Crippen LogP contribution < -0.4 is 10.2 Å². The maximum absolute atomic E-state index is 5.34. The number of ether oxygens (including phenoxy) is 1. The van der Waals surface area contributed by atoms with E-state index in [0.717, 1.165) is 38.7 Å². The van der Waals surface area contributed by atoms with E-state index in [9.17, 15) is 0 Å². The molecule has 1 aliphatic heterocycles. The molecule has 1 aromatic heterocycles. The van der Waals surface area contributed by atoms with Gasteiger partial charge in [0, 0.05) is 25.3 Å². The lowest BCUT2D eigenvalue weighted by atomic mass is 10.1. The number of nitrogens with zero attached hydrogens (tertiary/aromatic N) is 2. The Balaban J connectivity index is 2.01. The fourth-order valence-corrected chi connectivity index (χ4v) is 2.06. The van der Waals surface area contributed by atoms with E-state index in [1.54, 1.807) is 0 Å². The largest absolute Gasteiger partial charge is 0.378 e. The molecule has 1 N–H and O–H groups in total. The zero-order valence-corrected chi connectivity index (χ0v) is 10.6.